The molecule has 0 saturated carbocycles. The standard InChI is InChI=1S/C19H16N2O2/c1-11-3-4-15(7-12(11)2)19-20-18(21-23-19)14-6-5-13-9-17(22)10-16(13)8-14/h3-8H,9-10H2,1-2H3. The molecule has 1 aliphatic carbocycles. The van der Waals surface area contributed by atoms with Crippen molar-refractivity contribution in [3.05, 3.63) is 58.7 Å². The van der Waals surface area contributed by atoms with Crippen LogP contribution in [0.1, 0.15) is 22.3 Å². The summed E-state index contributed by atoms with van der Waals surface area (Å²) in [5.74, 6) is 1.33. The van der Waals surface area contributed by atoms with Gasteiger partial charge in [0.05, 0.1) is 0 Å². The van der Waals surface area contributed by atoms with Gasteiger partial charge in [-0.15, -0.1) is 0 Å². The van der Waals surface area contributed by atoms with E-state index in [1.807, 2.05) is 30.3 Å². The molecule has 3 aromatic rings. The molecule has 0 atom stereocenters. The first-order valence-electron chi connectivity index (χ1n) is 7.65. The van der Waals surface area contributed by atoms with Crippen molar-refractivity contribution in [2.24, 2.45) is 0 Å². The van der Waals surface area contributed by atoms with Gasteiger partial charge in [-0.3, -0.25) is 4.79 Å². The molecule has 0 aliphatic heterocycles. The van der Waals surface area contributed by atoms with Gasteiger partial charge in [-0.25, -0.2) is 0 Å². The van der Waals surface area contributed by atoms with Crippen molar-refractivity contribution in [2.45, 2.75) is 26.7 Å². The molecule has 2 aromatic carbocycles. The zero-order chi connectivity index (χ0) is 16.0. The van der Waals surface area contributed by atoms with Gasteiger partial charge in [0.15, 0.2) is 0 Å². The number of ketones is 1. The molecular formula is C19H16N2O2. The number of carbonyl (C=O) groups excluding carboxylic acids is 1. The maximum Gasteiger partial charge on any atom is 0.258 e. The van der Waals surface area contributed by atoms with Gasteiger partial charge in [0, 0.05) is 24.0 Å². The Labute approximate surface area is 134 Å². The van der Waals surface area contributed by atoms with Crippen LogP contribution in [-0.2, 0) is 17.6 Å². The van der Waals surface area contributed by atoms with Gasteiger partial charge in [0.2, 0.25) is 5.82 Å². The fraction of sp³-hybridized carbons (Fsp3) is 0.211. The number of benzene rings is 2. The fourth-order valence-electron chi connectivity index (χ4n) is 2.92. The first kappa shape index (κ1) is 13.9. The Kier molecular flexibility index (Phi) is 3.11. The SMILES string of the molecule is Cc1ccc(-c2nc(-c3ccc4c(c3)CC(=O)C4)no2)cc1C. The van der Waals surface area contributed by atoms with Crippen LogP contribution in [0.2, 0.25) is 0 Å². The minimum absolute atomic E-state index is 0.265. The predicted molar refractivity (Wildman–Crippen MR) is 87.1 cm³/mol. The Bertz CT molecular complexity index is 925. The van der Waals surface area contributed by atoms with Crippen LogP contribution in [0.5, 0.6) is 0 Å². The molecule has 0 N–H and O–H groups in total. The van der Waals surface area contributed by atoms with E-state index in [2.05, 4.69) is 30.1 Å². The van der Waals surface area contributed by atoms with Gasteiger partial charge in [-0.2, -0.15) is 4.98 Å². The molecule has 4 rings (SSSR count). The van der Waals surface area contributed by atoms with E-state index in [0.29, 0.717) is 24.6 Å². The lowest BCUT2D eigenvalue weighted by molar-refractivity contribution is -0.117. The van der Waals surface area contributed by atoms with E-state index in [9.17, 15) is 4.79 Å². The van der Waals surface area contributed by atoms with E-state index in [0.717, 1.165) is 22.3 Å². The average Bonchev–Trinajstić information content (AvgIpc) is 3.14. The molecule has 0 saturated heterocycles. The normalized spacial score (nSPS) is 13.4. The Morgan fingerprint density at radius 1 is 0.913 bits per heavy atom. The van der Waals surface area contributed by atoms with E-state index in [-0.39, 0.29) is 5.78 Å². The number of aryl methyl sites for hydroxylation is 2. The highest BCUT2D eigenvalue weighted by molar-refractivity contribution is 5.88. The molecular weight excluding hydrogens is 288 g/mol. The molecule has 0 spiro atoms. The van der Waals surface area contributed by atoms with Crippen LogP contribution in [0.4, 0.5) is 0 Å². The minimum atomic E-state index is 0.265. The quantitative estimate of drug-likeness (QED) is 0.724. The highest BCUT2D eigenvalue weighted by Gasteiger charge is 2.20. The third kappa shape index (κ3) is 2.46. The molecule has 1 aromatic heterocycles. The van der Waals surface area contributed by atoms with E-state index >= 15 is 0 Å². The Morgan fingerprint density at radius 2 is 1.70 bits per heavy atom. The zero-order valence-electron chi connectivity index (χ0n) is 13.1. The summed E-state index contributed by atoms with van der Waals surface area (Å²) in [7, 11) is 0. The number of aromatic nitrogens is 2. The van der Waals surface area contributed by atoms with E-state index in [1.165, 1.54) is 11.1 Å². The van der Waals surface area contributed by atoms with E-state index in [4.69, 9.17) is 4.52 Å². The number of hydrogen-bond acceptors (Lipinski definition) is 4. The first-order valence-corrected chi connectivity index (χ1v) is 7.65. The lowest BCUT2D eigenvalue weighted by Gasteiger charge is -2.01. The third-order valence-corrected chi connectivity index (χ3v) is 4.42. The smallest absolute Gasteiger partial charge is 0.258 e. The minimum Gasteiger partial charge on any atom is -0.334 e. The van der Waals surface area contributed by atoms with Gasteiger partial charge in [-0.1, -0.05) is 23.4 Å². The second-order valence-corrected chi connectivity index (χ2v) is 6.10. The Hall–Kier alpha value is -2.75. The molecule has 1 heterocycles. The summed E-state index contributed by atoms with van der Waals surface area (Å²) >= 11 is 0. The molecule has 0 unspecified atom stereocenters. The van der Waals surface area contributed by atoms with Crippen molar-refractivity contribution in [3.8, 4) is 22.8 Å². The summed E-state index contributed by atoms with van der Waals surface area (Å²) in [6.45, 7) is 4.14. The van der Waals surface area contributed by atoms with Crippen molar-refractivity contribution < 1.29 is 9.32 Å². The van der Waals surface area contributed by atoms with Gasteiger partial charge in [-0.05, 0) is 54.3 Å². The van der Waals surface area contributed by atoms with Crippen molar-refractivity contribution in [3.63, 3.8) is 0 Å². The summed E-state index contributed by atoms with van der Waals surface area (Å²) in [5.41, 5.74) is 6.41. The summed E-state index contributed by atoms with van der Waals surface area (Å²) in [6.07, 6.45) is 1.04. The second kappa shape index (κ2) is 5.16. The molecule has 0 radical (unpaired) electrons. The molecule has 0 amide bonds. The third-order valence-electron chi connectivity index (χ3n) is 4.42. The molecule has 1 aliphatic rings. The van der Waals surface area contributed by atoms with Crippen LogP contribution < -0.4 is 0 Å². The maximum absolute atomic E-state index is 11.5. The zero-order valence-corrected chi connectivity index (χ0v) is 13.1. The molecule has 0 bridgehead atoms. The molecule has 23 heavy (non-hydrogen) atoms. The highest BCUT2D eigenvalue weighted by Crippen LogP contribution is 2.27. The van der Waals surface area contributed by atoms with Gasteiger partial charge in [0.25, 0.3) is 5.89 Å². The average molecular weight is 304 g/mol. The van der Waals surface area contributed by atoms with E-state index in [1.54, 1.807) is 0 Å². The predicted octanol–water partition coefficient (Wildman–Crippen LogP) is 3.69. The molecule has 4 nitrogen and oxygen atoms in total. The summed E-state index contributed by atoms with van der Waals surface area (Å²) in [4.78, 5) is 16.0. The van der Waals surface area contributed by atoms with Crippen LogP contribution in [0.3, 0.4) is 0 Å². The number of rotatable bonds is 2. The summed E-state index contributed by atoms with van der Waals surface area (Å²) < 4.78 is 5.41. The maximum atomic E-state index is 11.5. The van der Waals surface area contributed by atoms with Crippen molar-refractivity contribution in [1.29, 1.82) is 0 Å². The van der Waals surface area contributed by atoms with Crippen molar-refractivity contribution >= 4 is 5.78 Å². The van der Waals surface area contributed by atoms with Gasteiger partial charge < -0.3 is 4.52 Å². The monoisotopic (exact) mass is 304 g/mol. The Morgan fingerprint density at radius 3 is 2.52 bits per heavy atom. The van der Waals surface area contributed by atoms with Crippen LogP contribution in [0.25, 0.3) is 22.8 Å². The van der Waals surface area contributed by atoms with E-state index < -0.39 is 0 Å². The van der Waals surface area contributed by atoms with Crippen molar-refractivity contribution in [1.82, 2.24) is 10.1 Å². The van der Waals surface area contributed by atoms with Crippen LogP contribution in [-0.4, -0.2) is 15.9 Å². The highest BCUT2D eigenvalue weighted by atomic mass is 16.5. The summed E-state index contributed by atoms with van der Waals surface area (Å²) in [5, 5.41) is 4.09. The number of fused-ring (bicyclic) bond motifs is 1. The largest absolute Gasteiger partial charge is 0.334 e. The number of carbonyl (C=O) groups is 1. The second-order valence-electron chi connectivity index (χ2n) is 6.10. The number of nitrogens with zero attached hydrogens (tertiary/aromatic N) is 2. The fourth-order valence-corrected chi connectivity index (χ4v) is 2.92. The Balaban J connectivity index is 1.69. The number of Topliss-reactive ketones (excluding diaryl/α,β-unsaturated/α-hetero) is 1. The lowest BCUT2D eigenvalue weighted by atomic mass is 10.1. The lowest BCUT2D eigenvalue weighted by Crippen LogP contribution is -1.92. The summed E-state index contributed by atoms with van der Waals surface area (Å²) in [6, 6.07) is 12.0. The van der Waals surface area contributed by atoms with Crippen LogP contribution in [0.15, 0.2) is 40.9 Å². The number of hydrogen-bond donors (Lipinski definition) is 0. The molecule has 0 fully saturated rings. The topological polar surface area (TPSA) is 56.0 Å². The van der Waals surface area contributed by atoms with Gasteiger partial charge >= 0.3 is 0 Å². The molecule has 4 heteroatoms. The van der Waals surface area contributed by atoms with Gasteiger partial charge in [0.1, 0.15) is 5.78 Å². The first-order chi connectivity index (χ1) is 11.1. The molecule has 114 valence electrons. The van der Waals surface area contributed by atoms with Crippen LogP contribution in [0, 0.1) is 13.8 Å². The van der Waals surface area contributed by atoms with Crippen LogP contribution >= 0.6 is 0 Å². The van der Waals surface area contributed by atoms with Crippen molar-refractivity contribution in [2.75, 3.05) is 0 Å².